The number of benzene rings is 2. The van der Waals surface area contributed by atoms with Gasteiger partial charge in [0.25, 0.3) is 5.91 Å². The van der Waals surface area contributed by atoms with Gasteiger partial charge < -0.3 is 15.4 Å². The number of hydrogen-bond acceptors (Lipinski definition) is 4. The van der Waals surface area contributed by atoms with Crippen LogP contribution >= 0.6 is 0 Å². The molecule has 27 heavy (non-hydrogen) atoms. The molecule has 2 aromatic carbocycles. The predicted molar refractivity (Wildman–Crippen MR) is 107 cm³/mol. The standard InChI is InChI=1S/C22H23N3O2/c1-27-21-10-6-5-9-18(21)11-13-23-19-12-14-24-20(15-19)22(26)25-16-17-7-3-2-4-8-17/h2-10,12,14-15H,11,13,16H2,1H3,(H,23,24)(H,25,26). The molecule has 5 nitrogen and oxygen atoms in total. The SMILES string of the molecule is COc1ccccc1CCNc1ccnc(C(=O)NCc2ccccc2)c1. The van der Waals surface area contributed by atoms with Crippen molar-refractivity contribution in [2.45, 2.75) is 13.0 Å². The lowest BCUT2D eigenvalue weighted by Crippen LogP contribution is -2.23. The van der Waals surface area contributed by atoms with Gasteiger partial charge in [-0.05, 0) is 35.7 Å². The largest absolute Gasteiger partial charge is 0.496 e. The molecule has 3 rings (SSSR count). The van der Waals surface area contributed by atoms with Gasteiger partial charge in [0.05, 0.1) is 7.11 Å². The van der Waals surface area contributed by atoms with Crippen molar-refractivity contribution >= 4 is 11.6 Å². The van der Waals surface area contributed by atoms with Gasteiger partial charge in [-0.25, -0.2) is 0 Å². The van der Waals surface area contributed by atoms with E-state index in [-0.39, 0.29) is 5.91 Å². The van der Waals surface area contributed by atoms with Crippen LogP contribution in [0.15, 0.2) is 72.9 Å². The second-order valence-electron chi connectivity index (χ2n) is 6.09. The Morgan fingerprint density at radius 2 is 1.81 bits per heavy atom. The number of pyridine rings is 1. The zero-order valence-electron chi connectivity index (χ0n) is 15.3. The number of carbonyl (C=O) groups excluding carboxylic acids is 1. The minimum absolute atomic E-state index is 0.188. The van der Waals surface area contributed by atoms with E-state index in [9.17, 15) is 4.79 Å². The highest BCUT2D eigenvalue weighted by Crippen LogP contribution is 2.18. The summed E-state index contributed by atoms with van der Waals surface area (Å²) in [6.45, 7) is 1.21. The van der Waals surface area contributed by atoms with Gasteiger partial charge in [0.1, 0.15) is 11.4 Å². The van der Waals surface area contributed by atoms with E-state index in [2.05, 4.69) is 21.7 Å². The minimum atomic E-state index is -0.188. The third-order valence-electron chi connectivity index (χ3n) is 4.20. The smallest absolute Gasteiger partial charge is 0.270 e. The van der Waals surface area contributed by atoms with Crippen molar-refractivity contribution in [1.82, 2.24) is 10.3 Å². The maximum Gasteiger partial charge on any atom is 0.270 e. The Hall–Kier alpha value is -3.34. The molecule has 0 aliphatic carbocycles. The van der Waals surface area contributed by atoms with Gasteiger partial charge in [-0.2, -0.15) is 0 Å². The van der Waals surface area contributed by atoms with Crippen LogP contribution in [-0.4, -0.2) is 24.5 Å². The van der Waals surface area contributed by atoms with Gasteiger partial charge in [-0.3, -0.25) is 9.78 Å². The number of hydrogen-bond donors (Lipinski definition) is 2. The summed E-state index contributed by atoms with van der Waals surface area (Å²) in [6, 6.07) is 21.4. The molecule has 0 aliphatic rings. The molecule has 0 unspecified atom stereocenters. The fourth-order valence-electron chi connectivity index (χ4n) is 2.78. The number of nitrogens with zero attached hydrogens (tertiary/aromatic N) is 1. The first-order valence-electron chi connectivity index (χ1n) is 8.90. The predicted octanol–water partition coefficient (Wildman–Crippen LogP) is 3.67. The molecule has 3 aromatic rings. The van der Waals surface area contributed by atoms with Crippen molar-refractivity contribution in [2.75, 3.05) is 19.0 Å². The molecule has 0 bridgehead atoms. The normalized spacial score (nSPS) is 10.3. The highest BCUT2D eigenvalue weighted by molar-refractivity contribution is 5.93. The molecule has 0 radical (unpaired) electrons. The summed E-state index contributed by atoms with van der Waals surface area (Å²) in [5.74, 6) is 0.697. The Morgan fingerprint density at radius 3 is 2.63 bits per heavy atom. The third kappa shape index (κ3) is 5.31. The average Bonchev–Trinajstić information content (AvgIpc) is 2.73. The number of aromatic nitrogens is 1. The molecule has 1 heterocycles. The monoisotopic (exact) mass is 361 g/mol. The quantitative estimate of drug-likeness (QED) is 0.642. The van der Waals surface area contributed by atoms with Crippen LogP contribution in [0, 0.1) is 0 Å². The molecule has 0 fully saturated rings. The topological polar surface area (TPSA) is 63.2 Å². The molecule has 1 aromatic heterocycles. The van der Waals surface area contributed by atoms with Crippen molar-refractivity contribution in [2.24, 2.45) is 0 Å². The molecule has 0 saturated heterocycles. The summed E-state index contributed by atoms with van der Waals surface area (Å²) in [7, 11) is 1.68. The van der Waals surface area contributed by atoms with Crippen LogP contribution in [0.5, 0.6) is 5.75 Å². The fraction of sp³-hybridized carbons (Fsp3) is 0.182. The summed E-state index contributed by atoms with van der Waals surface area (Å²) >= 11 is 0. The highest BCUT2D eigenvalue weighted by Gasteiger charge is 2.08. The van der Waals surface area contributed by atoms with Crippen LogP contribution < -0.4 is 15.4 Å². The minimum Gasteiger partial charge on any atom is -0.496 e. The molecule has 2 N–H and O–H groups in total. The zero-order chi connectivity index (χ0) is 18.9. The number of rotatable bonds is 8. The van der Waals surface area contributed by atoms with Gasteiger partial charge in [0.15, 0.2) is 0 Å². The summed E-state index contributed by atoms with van der Waals surface area (Å²) < 4.78 is 5.37. The van der Waals surface area contributed by atoms with Crippen molar-refractivity contribution in [3.05, 3.63) is 89.7 Å². The van der Waals surface area contributed by atoms with E-state index < -0.39 is 0 Å². The molecule has 0 saturated carbocycles. The molecule has 0 aliphatic heterocycles. The summed E-state index contributed by atoms with van der Waals surface area (Å²) in [5.41, 5.74) is 3.46. The maximum atomic E-state index is 12.3. The van der Waals surface area contributed by atoms with Crippen LogP contribution in [0.25, 0.3) is 0 Å². The van der Waals surface area contributed by atoms with E-state index in [0.717, 1.165) is 35.5 Å². The van der Waals surface area contributed by atoms with Crippen LogP contribution in [0.2, 0.25) is 0 Å². The lowest BCUT2D eigenvalue weighted by Gasteiger charge is -2.10. The van der Waals surface area contributed by atoms with Gasteiger partial charge >= 0.3 is 0 Å². The summed E-state index contributed by atoms with van der Waals surface area (Å²) in [5, 5.41) is 6.23. The van der Waals surface area contributed by atoms with Crippen LogP contribution in [0.4, 0.5) is 5.69 Å². The molecule has 5 heteroatoms. The van der Waals surface area contributed by atoms with E-state index in [1.54, 1.807) is 19.4 Å². The van der Waals surface area contributed by atoms with Crippen LogP contribution in [0.3, 0.4) is 0 Å². The number of anilines is 1. The third-order valence-corrected chi connectivity index (χ3v) is 4.20. The number of ether oxygens (including phenoxy) is 1. The van der Waals surface area contributed by atoms with E-state index in [4.69, 9.17) is 4.74 Å². The molecule has 138 valence electrons. The number of carbonyl (C=O) groups is 1. The second kappa shape index (κ2) is 9.38. The summed E-state index contributed by atoms with van der Waals surface area (Å²) in [6.07, 6.45) is 2.46. The van der Waals surface area contributed by atoms with Crippen molar-refractivity contribution in [1.29, 1.82) is 0 Å². The van der Waals surface area contributed by atoms with Gasteiger partial charge in [-0.15, -0.1) is 0 Å². The first-order valence-corrected chi connectivity index (χ1v) is 8.90. The lowest BCUT2D eigenvalue weighted by atomic mass is 10.1. The highest BCUT2D eigenvalue weighted by atomic mass is 16.5. The number of methoxy groups -OCH3 is 1. The molecule has 0 spiro atoms. The van der Waals surface area contributed by atoms with Crippen LogP contribution in [0.1, 0.15) is 21.6 Å². The molecule has 0 atom stereocenters. The fourth-order valence-corrected chi connectivity index (χ4v) is 2.78. The van der Waals surface area contributed by atoms with Gasteiger partial charge in [-0.1, -0.05) is 48.5 Å². The Balaban J connectivity index is 1.54. The van der Waals surface area contributed by atoms with Crippen LogP contribution in [-0.2, 0) is 13.0 Å². The van der Waals surface area contributed by atoms with Crippen molar-refractivity contribution < 1.29 is 9.53 Å². The van der Waals surface area contributed by atoms with Gasteiger partial charge in [0, 0.05) is 25.0 Å². The first kappa shape index (κ1) is 18.5. The van der Waals surface area contributed by atoms with E-state index in [1.807, 2.05) is 54.6 Å². The average molecular weight is 361 g/mol. The van der Waals surface area contributed by atoms with Gasteiger partial charge in [0.2, 0.25) is 0 Å². The Morgan fingerprint density at radius 1 is 1.04 bits per heavy atom. The first-order chi connectivity index (χ1) is 13.3. The molecular weight excluding hydrogens is 338 g/mol. The molecule has 1 amide bonds. The zero-order valence-corrected chi connectivity index (χ0v) is 15.3. The molecular formula is C22H23N3O2. The Bertz CT molecular complexity index is 881. The number of amides is 1. The number of nitrogens with one attached hydrogen (secondary N) is 2. The number of para-hydroxylation sites is 1. The lowest BCUT2D eigenvalue weighted by molar-refractivity contribution is 0.0946. The van der Waals surface area contributed by atoms with Crippen molar-refractivity contribution in [3.63, 3.8) is 0 Å². The van der Waals surface area contributed by atoms with E-state index in [0.29, 0.717) is 12.2 Å². The Labute approximate surface area is 159 Å². The maximum absolute atomic E-state index is 12.3. The van der Waals surface area contributed by atoms with E-state index in [1.165, 1.54) is 0 Å². The Kier molecular flexibility index (Phi) is 6.41. The van der Waals surface area contributed by atoms with E-state index >= 15 is 0 Å². The second-order valence-corrected chi connectivity index (χ2v) is 6.09. The summed E-state index contributed by atoms with van der Waals surface area (Å²) in [4.78, 5) is 16.5. The van der Waals surface area contributed by atoms with Crippen molar-refractivity contribution in [3.8, 4) is 5.75 Å².